The van der Waals surface area contributed by atoms with Crippen LogP contribution in [0.15, 0.2) is 16.5 Å². The highest BCUT2D eigenvalue weighted by Crippen LogP contribution is 2.08. The van der Waals surface area contributed by atoms with Gasteiger partial charge in [-0.3, -0.25) is 0 Å². The van der Waals surface area contributed by atoms with Crippen LogP contribution in [0.5, 0.6) is 0 Å². The molecule has 1 aromatic rings. The molecule has 11 heavy (non-hydrogen) atoms. The first-order chi connectivity index (χ1) is 5.24. The zero-order valence-corrected chi connectivity index (χ0v) is 6.47. The first-order valence-corrected chi connectivity index (χ1v) is 3.65. The Hall–Kier alpha value is -0.960. The topological polar surface area (TPSA) is 50.4 Å². The van der Waals surface area contributed by atoms with E-state index < -0.39 is 5.97 Å². The maximum absolute atomic E-state index is 10.3. The summed E-state index contributed by atoms with van der Waals surface area (Å²) in [6.07, 6.45) is 0.564. The van der Waals surface area contributed by atoms with Gasteiger partial charge >= 0.3 is 5.97 Å². The van der Waals surface area contributed by atoms with Gasteiger partial charge in [-0.05, 0) is 12.1 Å². The van der Waals surface area contributed by atoms with Crippen molar-refractivity contribution < 1.29 is 14.3 Å². The summed E-state index contributed by atoms with van der Waals surface area (Å²) in [4.78, 5) is 10.3. The molecule has 3 nitrogen and oxygen atoms in total. The zero-order valence-electron chi connectivity index (χ0n) is 5.71. The van der Waals surface area contributed by atoms with E-state index in [1.54, 1.807) is 6.07 Å². The molecule has 0 aromatic carbocycles. The Labute approximate surface area is 68.6 Å². The molecular weight excluding hydrogens is 168 g/mol. The predicted molar refractivity (Wildman–Crippen MR) is 40.1 cm³/mol. The number of hydrogen-bond donors (Lipinski definition) is 1. The van der Waals surface area contributed by atoms with E-state index in [9.17, 15) is 4.79 Å². The molecule has 0 aliphatic carbocycles. The summed E-state index contributed by atoms with van der Waals surface area (Å²) in [5.74, 6) is -0.0413. The normalized spacial score (nSPS) is 9.91. The number of halogens is 1. The minimum absolute atomic E-state index is 0.0369. The molecule has 0 saturated heterocycles. The number of aryl methyl sites for hydroxylation is 1. The van der Waals surface area contributed by atoms with Crippen molar-refractivity contribution in [1.82, 2.24) is 0 Å². The minimum Gasteiger partial charge on any atom is -0.475 e. The minimum atomic E-state index is -1.05. The van der Waals surface area contributed by atoms with E-state index in [-0.39, 0.29) is 5.76 Å². The van der Waals surface area contributed by atoms with E-state index in [4.69, 9.17) is 21.1 Å². The van der Waals surface area contributed by atoms with E-state index in [1.165, 1.54) is 6.07 Å². The number of carboxylic acids is 1. The van der Waals surface area contributed by atoms with Crippen LogP contribution in [0.1, 0.15) is 16.3 Å². The van der Waals surface area contributed by atoms with Crippen LogP contribution in [0, 0.1) is 0 Å². The Morgan fingerprint density at radius 2 is 2.36 bits per heavy atom. The molecule has 1 rings (SSSR count). The number of carboxylic acid groups (broad SMARTS) is 1. The maximum Gasteiger partial charge on any atom is 0.371 e. The zero-order chi connectivity index (χ0) is 8.27. The van der Waals surface area contributed by atoms with Gasteiger partial charge in [-0.15, -0.1) is 11.6 Å². The molecule has 0 radical (unpaired) electrons. The number of aromatic carboxylic acids is 1. The predicted octanol–water partition coefficient (Wildman–Crippen LogP) is 1.76. The fourth-order valence-electron chi connectivity index (χ4n) is 0.720. The monoisotopic (exact) mass is 174 g/mol. The van der Waals surface area contributed by atoms with Gasteiger partial charge < -0.3 is 9.52 Å². The Kier molecular flexibility index (Phi) is 2.54. The molecule has 0 aliphatic heterocycles. The smallest absolute Gasteiger partial charge is 0.371 e. The Morgan fingerprint density at radius 1 is 1.64 bits per heavy atom. The van der Waals surface area contributed by atoms with Crippen LogP contribution in [0.25, 0.3) is 0 Å². The van der Waals surface area contributed by atoms with Crippen molar-refractivity contribution in [2.24, 2.45) is 0 Å². The van der Waals surface area contributed by atoms with Crippen LogP contribution >= 0.6 is 11.6 Å². The van der Waals surface area contributed by atoms with Crippen molar-refractivity contribution >= 4 is 17.6 Å². The number of rotatable bonds is 3. The molecule has 0 bridgehead atoms. The molecule has 0 spiro atoms. The summed E-state index contributed by atoms with van der Waals surface area (Å²) in [6, 6.07) is 3.04. The van der Waals surface area contributed by atoms with Gasteiger partial charge in [0.15, 0.2) is 0 Å². The van der Waals surface area contributed by atoms with Crippen molar-refractivity contribution in [1.29, 1.82) is 0 Å². The fourth-order valence-corrected chi connectivity index (χ4v) is 0.907. The van der Waals surface area contributed by atoms with Gasteiger partial charge in [0, 0.05) is 12.3 Å². The van der Waals surface area contributed by atoms with Crippen LogP contribution < -0.4 is 0 Å². The molecule has 0 unspecified atom stereocenters. The van der Waals surface area contributed by atoms with Gasteiger partial charge in [0.25, 0.3) is 0 Å². The molecule has 0 amide bonds. The SMILES string of the molecule is O=C(O)c1ccc(CCCl)o1. The summed E-state index contributed by atoms with van der Waals surface area (Å²) in [5, 5.41) is 8.44. The Balaban J connectivity index is 2.73. The highest BCUT2D eigenvalue weighted by atomic mass is 35.5. The molecule has 0 aliphatic rings. The van der Waals surface area contributed by atoms with E-state index >= 15 is 0 Å². The number of hydrogen-bond acceptors (Lipinski definition) is 2. The van der Waals surface area contributed by atoms with E-state index in [0.717, 1.165) is 0 Å². The Bertz CT molecular complexity index is 254. The fraction of sp³-hybridized carbons (Fsp3) is 0.286. The molecule has 4 heteroatoms. The number of carbonyl (C=O) groups is 1. The van der Waals surface area contributed by atoms with Crippen molar-refractivity contribution in [3.63, 3.8) is 0 Å². The molecule has 0 saturated carbocycles. The third kappa shape index (κ3) is 1.98. The summed E-state index contributed by atoms with van der Waals surface area (Å²) in [7, 11) is 0. The second-order valence-corrected chi connectivity index (χ2v) is 2.39. The summed E-state index contributed by atoms with van der Waals surface area (Å²) < 4.78 is 4.90. The number of alkyl halides is 1. The van der Waals surface area contributed by atoms with Gasteiger partial charge in [-0.1, -0.05) is 0 Å². The van der Waals surface area contributed by atoms with E-state index in [2.05, 4.69) is 0 Å². The van der Waals surface area contributed by atoms with Gasteiger partial charge in [0.05, 0.1) is 0 Å². The molecule has 60 valence electrons. The van der Waals surface area contributed by atoms with Gasteiger partial charge in [0.2, 0.25) is 5.76 Å². The quantitative estimate of drug-likeness (QED) is 0.711. The Morgan fingerprint density at radius 3 is 2.82 bits per heavy atom. The number of furan rings is 1. The maximum atomic E-state index is 10.3. The molecule has 1 N–H and O–H groups in total. The van der Waals surface area contributed by atoms with Gasteiger partial charge in [0.1, 0.15) is 5.76 Å². The molecule has 1 aromatic heterocycles. The summed E-state index contributed by atoms with van der Waals surface area (Å²) in [6.45, 7) is 0. The standard InChI is InChI=1S/C7H7ClO3/c8-4-3-5-1-2-6(11-5)7(9)10/h1-2H,3-4H2,(H,9,10). The van der Waals surface area contributed by atoms with Gasteiger partial charge in [-0.25, -0.2) is 4.79 Å². The third-order valence-corrected chi connectivity index (χ3v) is 1.40. The molecule has 1 heterocycles. The lowest BCUT2D eigenvalue weighted by molar-refractivity contribution is 0.0660. The third-order valence-electron chi connectivity index (χ3n) is 1.21. The van der Waals surface area contributed by atoms with Crippen molar-refractivity contribution in [2.75, 3.05) is 5.88 Å². The molecule has 0 fully saturated rings. The highest BCUT2D eigenvalue weighted by Gasteiger charge is 2.07. The van der Waals surface area contributed by atoms with Crippen LogP contribution in [0.3, 0.4) is 0 Å². The first-order valence-electron chi connectivity index (χ1n) is 3.12. The highest BCUT2D eigenvalue weighted by molar-refractivity contribution is 6.17. The average Bonchev–Trinajstić information content (AvgIpc) is 2.37. The average molecular weight is 175 g/mol. The molecular formula is C7H7ClO3. The van der Waals surface area contributed by atoms with Crippen molar-refractivity contribution in [2.45, 2.75) is 6.42 Å². The van der Waals surface area contributed by atoms with Crippen LogP contribution in [-0.2, 0) is 6.42 Å². The largest absolute Gasteiger partial charge is 0.475 e. The first kappa shape index (κ1) is 8.14. The lowest BCUT2D eigenvalue weighted by Crippen LogP contribution is -1.92. The lowest BCUT2D eigenvalue weighted by atomic mass is 10.3. The summed E-state index contributed by atoms with van der Waals surface area (Å²) >= 11 is 5.42. The van der Waals surface area contributed by atoms with Crippen molar-refractivity contribution in [3.05, 3.63) is 23.7 Å². The van der Waals surface area contributed by atoms with Crippen LogP contribution in [-0.4, -0.2) is 17.0 Å². The van der Waals surface area contributed by atoms with E-state index in [0.29, 0.717) is 18.1 Å². The van der Waals surface area contributed by atoms with Crippen LogP contribution in [0.4, 0.5) is 0 Å². The van der Waals surface area contributed by atoms with E-state index in [1.807, 2.05) is 0 Å². The van der Waals surface area contributed by atoms with Crippen molar-refractivity contribution in [3.8, 4) is 0 Å². The lowest BCUT2D eigenvalue weighted by Gasteiger charge is -1.88. The van der Waals surface area contributed by atoms with Crippen LogP contribution in [0.2, 0.25) is 0 Å². The van der Waals surface area contributed by atoms with Gasteiger partial charge in [-0.2, -0.15) is 0 Å². The summed E-state index contributed by atoms with van der Waals surface area (Å²) in [5.41, 5.74) is 0. The molecule has 0 atom stereocenters. The second kappa shape index (κ2) is 3.44. The second-order valence-electron chi connectivity index (χ2n) is 2.01.